The number of hydrogen-bond donors (Lipinski definition) is 2. The van der Waals surface area contributed by atoms with Gasteiger partial charge in [-0.3, -0.25) is 4.79 Å². The smallest absolute Gasteiger partial charge is 0.253 e. The molecule has 1 aliphatic carbocycles. The van der Waals surface area contributed by atoms with Gasteiger partial charge in [-0.15, -0.1) is 0 Å². The third kappa shape index (κ3) is 2.55. The molecule has 3 N–H and O–H groups in total. The van der Waals surface area contributed by atoms with E-state index in [1.807, 2.05) is 6.07 Å². The van der Waals surface area contributed by atoms with Crippen molar-refractivity contribution in [3.8, 4) is 0 Å². The Bertz CT molecular complexity index is 427. The second-order valence-electron chi connectivity index (χ2n) is 4.72. The normalized spacial score (nSPS) is 16.9. The van der Waals surface area contributed by atoms with Crippen molar-refractivity contribution in [2.24, 2.45) is 5.41 Å². The van der Waals surface area contributed by atoms with Crippen molar-refractivity contribution in [3.63, 3.8) is 0 Å². The van der Waals surface area contributed by atoms with Gasteiger partial charge >= 0.3 is 0 Å². The molecule has 0 spiro atoms. The number of nitrogen functional groups attached to an aromatic ring is 1. The predicted octanol–water partition coefficient (Wildman–Crippen LogP) is 2.56. The van der Waals surface area contributed by atoms with Crippen LogP contribution in [0.1, 0.15) is 30.1 Å². The molecule has 1 amide bonds. The summed E-state index contributed by atoms with van der Waals surface area (Å²) in [5, 5.41) is 2.93. The number of benzene rings is 1. The summed E-state index contributed by atoms with van der Waals surface area (Å²) in [7, 11) is 0. The number of halogens is 1. The number of hydrogen-bond acceptors (Lipinski definition) is 2. The summed E-state index contributed by atoms with van der Waals surface area (Å²) in [6.45, 7) is 2.92. The number of carbonyl (C=O) groups excluding carboxylic acids is 1. The quantitative estimate of drug-likeness (QED) is 0.838. The summed E-state index contributed by atoms with van der Waals surface area (Å²) >= 11 is 3.31. The average Bonchev–Trinajstić information content (AvgIpc) is 2.94. The van der Waals surface area contributed by atoms with Crippen molar-refractivity contribution in [1.82, 2.24) is 5.32 Å². The maximum atomic E-state index is 11.8. The average molecular weight is 283 g/mol. The van der Waals surface area contributed by atoms with Crippen LogP contribution >= 0.6 is 15.9 Å². The van der Waals surface area contributed by atoms with Crippen LogP contribution in [-0.2, 0) is 0 Å². The van der Waals surface area contributed by atoms with Gasteiger partial charge in [0.2, 0.25) is 0 Å². The molecular formula is C12H15BrN2O. The van der Waals surface area contributed by atoms with Crippen LogP contribution in [0.2, 0.25) is 0 Å². The maximum Gasteiger partial charge on any atom is 0.253 e. The number of carbonyl (C=O) groups is 1. The van der Waals surface area contributed by atoms with Crippen molar-refractivity contribution in [2.45, 2.75) is 19.8 Å². The number of rotatable bonds is 3. The molecule has 16 heavy (non-hydrogen) atoms. The molecule has 86 valence electrons. The van der Waals surface area contributed by atoms with E-state index >= 15 is 0 Å². The SMILES string of the molecule is CC1(CNC(=O)c2ccc(Br)cc2N)CC1. The highest BCUT2D eigenvalue weighted by Gasteiger charge is 2.37. The fraction of sp³-hybridized carbons (Fsp3) is 0.417. The summed E-state index contributed by atoms with van der Waals surface area (Å²) < 4.78 is 0.885. The largest absolute Gasteiger partial charge is 0.398 e. The predicted molar refractivity (Wildman–Crippen MR) is 68.2 cm³/mol. The molecule has 1 aromatic carbocycles. The standard InChI is InChI=1S/C12H15BrN2O/c1-12(4-5-12)7-15-11(16)9-3-2-8(13)6-10(9)14/h2-3,6H,4-5,7,14H2,1H3,(H,15,16). The lowest BCUT2D eigenvalue weighted by Crippen LogP contribution is -2.29. The molecule has 3 nitrogen and oxygen atoms in total. The van der Waals surface area contributed by atoms with Crippen molar-refractivity contribution in [3.05, 3.63) is 28.2 Å². The van der Waals surface area contributed by atoms with E-state index in [0.717, 1.165) is 11.0 Å². The van der Waals surface area contributed by atoms with Gasteiger partial charge in [-0.2, -0.15) is 0 Å². The van der Waals surface area contributed by atoms with Crippen molar-refractivity contribution in [1.29, 1.82) is 0 Å². The van der Waals surface area contributed by atoms with E-state index in [9.17, 15) is 4.79 Å². The van der Waals surface area contributed by atoms with Crippen molar-refractivity contribution >= 4 is 27.5 Å². The zero-order valence-corrected chi connectivity index (χ0v) is 10.8. The summed E-state index contributed by atoms with van der Waals surface area (Å²) in [5.74, 6) is -0.0851. The molecule has 2 rings (SSSR count). The summed E-state index contributed by atoms with van der Waals surface area (Å²) in [6.07, 6.45) is 2.40. The molecule has 1 aliphatic rings. The van der Waals surface area contributed by atoms with E-state index in [4.69, 9.17) is 5.73 Å². The van der Waals surface area contributed by atoms with E-state index in [1.165, 1.54) is 12.8 Å². The number of anilines is 1. The maximum absolute atomic E-state index is 11.8. The Labute approximate surface area is 104 Å². The van der Waals surface area contributed by atoms with Gasteiger partial charge in [0, 0.05) is 16.7 Å². The van der Waals surface area contributed by atoms with Crippen LogP contribution in [0.25, 0.3) is 0 Å². The molecule has 0 bridgehead atoms. The Morgan fingerprint density at radius 3 is 2.81 bits per heavy atom. The van der Waals surface area contributed by atoms with Crippen molar-refractivity contribution < 1.29 is 4.79 Å². The third-order valence-corrected chi connectivity index (χ3v) is 3.53. The highest BCUT2D eigenvalue weighted by Crippen LogP contribution is 2.44. The Morgan fingerprint density at radius 2 is 2.25 bits per heavy atom. The molecule has 0 aliphatic heterocycles. The van der Waals surface area contributed by atoms with Gasteiger partial charge < -0.3 is 11.1 Å². The fourth-order valence-corrected chi connectivity index (χ4v) is 1.90. The van der Waals surface area contributed by atoms with Crippen LogP contribution in [-0.4, -0.2) is 12.5 Å². The van der Waals surface area contributed by atoms with Crippen LogP contribution in [0.4, 0.5) is 5.69 Å². The zero-order valence-electron chi connectivity index (χ0n) is 9.22. The van der Waals surface area contributed by atoms with Crippen molar-refractivity contribution in [2.75, 3.05) is 12.3 Å². The minimum Gasteiger partial charge on any atom is -0.398 e. The molecule has 1 saturated carbocycles. The van der Waals surface area contributed by atoms with Gasteiger partial charge in [-0.25, -0.2) is 0 Å². The number of nitrogens with one attached hydrogen (secondary N) is 1. The first-order valence-corrected chi connectivity index (χ1v) is 6.13. The molecule has 0 aromatic heterocycles. The molecular weight excluding hydrogens is 268 g/mol. The van der Waals surface area contributed by atoms with Crippen LogP contribution in [0.3, 0.4) is 0 Å². The van der Waals surface area contributed by atoms with Crippen LogP contribution in [0, 0.1) is 5.41 Å². The second kappa shape index (κ2) is 4.09. The first-order chi connectivity index (χ1) is 7.50. The lowest BCUT2D eigenvalue weighted by atomic mass is 10.1. The first kappa shape index (κ1) is 11.5. The van der Waals surface area contributed by atoms with Crippen LogP contribution in [0.15, 0.2) is 22.7 Å². The Kier molecular flexibility index (Phi) is 2.93. The highest BCUT2D eigenvalue weighted by molar-refractivity contribution is 9.10. The fourth-order valence-electron chi connectivity index (χ4n) is 1.52. The van der Waals surface area contributed by atoms with E-state index in [1.54, 1.807) is 12.1 Å². The number of amides is 1. The zero-order chi connectivity index (χ0) is 11.8. The topological polar surface area (TPSA) is 55.1 Å². The Morgan fingerprint density at radius 1 is 1.56 bits per heavy atom. The molecule has 0 heterocycles. The Hall–Kier alpha value is -1.03. The van der Waals surface area contributed by atoms with Gasteiger partial charge in [0.25, 0.3) is 5.91 Å². The number of nitrogens with two attached hydrogens (primary N) is 1. The molecule has 0 radical (unpaired) electrons. The van der Waals surface area contributed by atoms with Gasteiger partial charge in [0.1, 0.15) is 0 Å². The molecule has 1 fully saturated rings. The van der Waals surface area contributed by atoms with Gasteiger partial charge in [-0.1, -0.05) is 22.9 Å². The second-order valence-corrected chi connectivity index (χ2v) is 5.64. The van der Waals surface area contributed by atoms with E-state index < -0.39 is 0 Å². The van der Waals surface area contributed by atoms with E-state index in [2.05, 4.69) is 28.2 Å². The lowest BCUT2D eigenvalue weighted by Gasteiger charge is -2.11. The summed E-state index contributed by atoms with van der Waals surface area (Å²) in [4.78, 5) is 11.8. The van der Waals surface area contributed by atoms with Gasteiger partial charge in [-0.05, 0) is 36.5 Å². The molecule has 4 heteroatoms. The van der Waals surface area contributed by atoms with Gasteiger partial charge in [0.05, 0.1) is 5.56 Å². The van der Waals surface area contributed by atoms with Gasteiger partial charge in [0.15, 0.2) is 0 Å². The monoisotopic (exact) mass is 282 g/mol. The summed E-state index contributed by atoms with van der Waals surface area (Å²) in [5.41, 5.74) is 7.16. The van der Waals surface area contributed by atoms with E-state index in [-0.39, 0.29) is 5.91 Å². The first-order valence-electron chi connectivity index (χ1n) is 5.33. The highest BCUT2D eigenvalue weighted by atomic mass is 79.9. The third-order valence-electron chi connectivity index (χ3n) is 3.04. The Balaban J connectivity index is 2.02. The van der Waals surface area contributed by atoms with Crippen LogP contribution < -0.4 is 11.1 Å². The molecule has 0 unspecified atom stereocenters. The molecule has 0 atom stereocenters. The lowest BCUT2D eigenvalue weighted by molar-refractivity contribution is 0.0947. The van der Waals surface area contributed by atoms with E-state index in [0.29, 0.717) is 16.7 Å². The molecule has 0 saturated heterocycles. The minimum absolute atomic E-state index is 0.0851. The minimum atomic E-state index is -0.0851. The summed E-state index contributed by atoms with van der Waals surface area (Å²) in [6, 6.07) is 5.31. The van der Waals surface area contributed by atoms with Crippen LogP contribution in [0.5, 0.6) is 0 Å². The molecule has 1 aromatic rings.